The molecular formula is C11H7F4N3. The predicted octanol–water partition coefficient (Wildman–Crippen LogP) is 2.94. The Kier molecular flexibility index (Phi) is 3.14. The zero-order chi connectivity index (χ0) is 13.3. The van der Waals surface area contributed by atoms with Crippen LogP contribution in [0.2, 0.25) is 0 Å². The molecule has 94 valence electrons. The maximum absolute atomic E-state index is 13.0. The molecular weight excluding hydrogens is 250 g/mol. The van der Waals surface area contributed by atoms with Crippen LogP contribution in [-0.4, -0.2) is 9.97 Å². The van der Waals surface area contributed by atoms with Crippen LogP contribution >= 0.6 is 0 Å². The second-order valence-electron chi connectivity index (χ2n) is 3.46. The second kappa shape index (κ2) is 4.59. The van der Waals surface area contributed by atoms with Crippen LogP contribution in [0.3, 0.4) is 0 Å². The highest BCUT2D eigenvalue weighted by Gasteiger charge is 2.16. The van der Waals surface area contributed by atoms with Crippen LogP contribution in [-0.2, 0) is 0 Å². The highest BCUT2D eigenvalue weighted by Crippen LogP contribution is 2.25. The molecule has 0 aliphatic carbocycles. The number of rotatable bonds is 2. The van der Waals surface area contributed by atoms with Gasteiger partial charge in [0.15, 0.2) is 17.5 Å². The summed E-state index contributed by atoms with van der Waals surface area (Å²) in [5.74, 6) is -2.28. The van der Waals surface area contributed by atoms with Crippen molar-refractivity contribution >= 4 is 5.69 Å². The Morgan fingerprint density at radius 2 is 1.83 bits per heavy atom. The van der Waals surface area contributed by atoms with E-state index in [1.54, 1.807) is 0 Å². The highest BCUT2D eigenvalue weighted by atomic mass is 19.3. The summed E-state index contributed by atoms with van der Waals surface area (Å²) >= 11 is 0. The lowest BCUT2D eigenvalue weighted by atomic mass is 10.2. The molecule has 0 unspecified atom stereocenters. The first-order chi connectivity index (χ1) is 8.49. The molecule has 0 saturated heterocycles. The van der Waals surface area contributed by atoms with Gasteiger partial charge in [0.2, 0.25) is 0 Å². The molecule has 7 heteroatoms. The molecule has 1 heterocycles. The molecule has 0 aliphatic heterocycles. The van der Waals surface area contributed by atoms with Crippen molar-refractivity contribution in [3.63, 3.8) is 0 Å². The molecule has 0 saturated carbocycles. The van der Waals surface area contributed by atoms with Crippen molar-refractivity contribution in [3.05, 3.63) is 41.7 Å². The average molecular weight is 257 g/mol. The van der Waals surface area contributed by atoms with Crippen LogP contribution in [0.25, 0.3) is 11.4 Å². The van der Waals surface area contributed by atoms with E-state index in [2.05, 4.69) is 9.97 Å². The Hall–Kier alpha value is -2.18. The van der Waals surface area contributed by atoms with Crippen molar-refractivity contribution < 1.29 is 17.6 Å². The van der Waals surface area contributed by atoms with E-state index in [-0.39, 0.29) is 17.1 Å². The zero-order valence-corrected chi connectivity index (χ0v) is 8.87. The maximum atomic E-state index is 13.0. The van der Waals surface area contributed by atoms with E-state index in [0.717, 1.165) is 18.3 Å². The summed E-state index contributed by atoms with van der Waals surface area (Å²) in [7, 11) is 0. The lowest BCUT2D eigenvalue weighted by Gasteiger charge is -2.06. The van der Waals surface area contributed by atoms with Crippen LogP contribution < -0.4 is 5.73 Å². The topological polar surface area (TPSA) is 51.8 Å². The van der Waals surface area contributed by atoms with Gasteiger partial charge in [-0.25, -0.2) is 27.5 Å². The zero-order valence-electron chi connectivity index (χ0n) is 8.87. The molecule has 2 rings (SSSR count). The van der Waals surface area contributed by atoms with E-state index in [1.807, 2.05) is 0 Å². The Morgan fingerprint density at radius 3 is 2.44 bits per heavy atom. The van der Waals surface area contributed by atoms with Gasteiger partial charge < -0.3 is 5.73 Å². The molecule has 0 bridgehead atoms. The Labute approximate surface area is 99.3 Å². The highest BCUT2D eigenvalue weighted by molar-refractivity contribution is 5.57. The molecule has 0 atom stereocenters. The molecule has 2 aromatic rings. The fourth-order valence-corrected chi connectivity index (χ4v) is 1.35. The number of alkyl halides is 2. The van der Waals surface area contributed by atoms with Gasteiger partial charge in [0.25, 0.3) is 6.43 Å². The molecule has 0 radical (unpaired) electrons. The van der Waals surface area contributed by atoms with Gasteiger partial charge in [-0.1, -0.05) is 0 Å². The third-order valence-corrected chi connectivity index (χ3v) is 2.23. The molecule has 0 aliphatic rings. The minimum Gasteiger partial charge on any atom is -0.396 e. The molecule has 1 aromatic heterocycles. The fraction of sp³-hybridized carbons (Fsp3) is 0.0909. The summed E-state index contributed by atoms with van der Waals surface area (Å²) < 4.78 is 50.9. The van der Waals surface area contributed by atoms with Gasteiger partial charge in [0, 0.05) is 5.56 Å². The number of hydrogen-bond acceptors (Lipinski definition) is 3. The number of hydrogen-bond donors (Lipinski definition) is 1. The fourth-order valence-electron chi connectivity index (χ4n) is 1.35. The van der Waals surface area contributed by atoms with Crippen molar-refractivity contribution in [2.75, 3.05) is 5.73 Å². The number of nitrogen functional groups attached to an aromatic ring is 1. The van der Waals surface area contributed by atoms with Crippen molar-refractivity contribution in [2.45, 2.75) is 6.43 Å². The quantitative estimate of drug-likeness (QED) is 0.841. The number of benzene rings is 1. The van der Waals surface area contributed by atoms with E-state index in [1.165, 1.54) is 6.07 Å². The van der Waals surface area contributed by atoms with Crippen LogP contribution in [0.15, 0.2) is 24.4 Å². The Balaban J connectivity index is 2.50. The summed E-state index contributed by atoms with van der Waals surface area (Å²) in [4.78, 5) is 7.24. The number of halogens is 4. The standard InChI is InChI=1S/C11H7F4N3/c12-6-2-1-5(3-7(6)13)11-17-4-8(16)9(18-11)10(14)15/h1-4,10H,16H2. The summed E-state index contributed by atoms with van der Waals surface area (Å²) in [5, 5.41) is 0. The van der Waals surface area contributed by atoms with Crippen molar-refractivity contribution in [2.24, 2.45) is 0 Å². The molecule has 0 amide bonds. The third kappa shape index (κ3) is 2.24. The van der Waals surface area contributed by atoms with Gasteiger partial charge in [-0.3, -0.25) is 0 Å². The molecule has 3 nitrogen and oxygen atoms in total. The van der Waals surface area contributed by atoms with E-state index in [9.17, 15) is 17.6 Å². The van der Waals surface area contributed by atoms with Gasteiger partial charge in [0.1, 0.15) is 5.69 Å². The molecule has 18 heavy (non-hydrogen) atoms. The number of anilines is 1. The lowest BCUT2D eigenvalue weighted by Crippen LogP contribution is -2.02. The van der Waals surface area contributed by atoms with Gasteiger partial charge in [-0.2, -0.15) is 0 Å². The SMILES string of the molecule is Nc1cnc(-c2ccc(F)c(F)c2)nc1C(F)F. The van der Waals surface area contributed by atoms with Crippen molar-refractivity contribution in [3.8, 4) is 11.4 Å². The summed E-state index contributed by atoms with van der Waals surface area (Å²) in [6.45, 7) is 0. The molecule has 0 spiro atoms. The van der Waals surface area contributed by atoms with Gasteiger partial charge in [-0.15, -0.1) is 0 Å². The molecule has 2 N–H and O–H groups in total. The molecule has 0 fully saturated rings. The number of aromatic nitrogens is 2. The van der Waals surface area contributed by atoms with E-state index >= 15 is 0 Å². The average Bonchev–Trinajstić information content (AvgIpc) is 2.33. The first-order valence-electron chi connectivity index (χ1n) is 4.85. The van der Waals surface area contributed by atoms with E-state index in [0.29, 0.717) is 0 Å². The lowest BCUT2D eigenvalue weighted by molar-refractivity contribution is 0.147. The Bertz CT molecular complexity index is 586. The van der Waals surface area contributed by atoms with Gasteiger partial charge >= 0.3 is 0 Å². The van der Waals surface area contributed by atoms with Crippen LogP contribution in [0.4, 0.5) is 23.2 Å². The second-order valence-corrected chi connectivity index (χ2v) is 3.46. The minimum absolute atomic E-state index is 0.0933. The smallest absolute Gasteiger partial charge is 0.282 e. The third-order valence-electron chi connectivity index (χ3n) is 2.23. The predicted molar refractivity (Wildman–Crippen MR) is 56.8 cm³/mol. The van der Waals surface area contributed by atoms with Crippen LogP contribution in [0.5, 0.6) is 0 Å². The Morgan fingerprint density at radius 1 is 1.11 bits per heavy atom. The first kappa shape index (κ1) is 12.3. The van der Waals surface area contributed by atoms with E-state index in [4.69, 9.17) is 5.73 Å². The maximum Gasteiger partial charge on any atom is 0.282 e. The van der Waals surface area contributed by atoms with Crippen LogP contribution in [0, 0.1) is 11.6 Å². The van der Waals surface area contributed by atoms with Crippen molar-refractivity contribution in [1.29, 1.82) is 0 Å². The minimum atomic E-state index is -2.86. The van der Waals surface area contributed by atoms with Crippen LogP contribution in [0.1, 0.15) is 12.1 Å². The normalized spacial score (nSPS) is 10.9. The van der Waals surface area contributed by atoms with Crippen molar-refractivity contribution in [1.82, 2.24) is 9.97 Å². The summed E-state index contributed by atoms with van der Waals surface area (Å²) in [5.41, 5.74) is 4.49. The van der Waals surface area contributed by atoms with Gasteiger partial charge in [-0.05, 0) is 18.2 Å². The number of nitrogens with two attached hydrogens (primary N) is 1. The largest absolute Gasteiger partial charge is 0.396 e. The summed E-state index contributed by atoms with van der Waals surface area (Å²) in [6, 6.07) is 2.89. The number of nitrogens with zero attached hydrogens (tertiary/aromatic N) is 2. The first-order valence-corrected chi connectivity index (χ1v) is 4.85. The van der Waals surface area contributed by atoms with Gasteiger partial charge in [0.05, 0.1) is 11.9 Å². The monoisotopic (exact) mass is 257 g/mol. The van der Waals surface area contributed by atoms with E-state index < -0.39 is 23.8 Å². The summed E-state index contributed by atoms with van der Waals surface area (Å²) in [6.07, 6.45) is -1.86. The molecule has 1 aromatic carbocycles.